The number of carbonyl (C=O) groups excluding carboxylic acids is 1. The van der Waals surface area contributed by atoms with Gasteiger partial charge in [-0.1, -0.05) is 5.92 Å². The van der Waals surface area contributed by atoms with Crippen LogP contribution in [0, 0.1) is 12.3 Å². The molecule has 0 aromatic carbocycles. The third-order valence-electron chi connectivity index (χ3n) is 1.72. The minimum absolute atomic E-state index is 0.0634. The van der Waals surface area contributed by atoms with Crippen molar-refractivity contribution < 1.29 is 14.7 Å². The van der Waals surface area contributed by atoms with Gasteiger partial charge in [-0.25, -0.2) is 9.59 Å². The summed E-state index contributed by atoms with van der Waals surface area (Å²) in [6.45, 7) is 1.64. The molecule has 0 aliphatic heterocycles. The lowest BCUT2D eigenvalue weighted by Gasteiger charge is -2.08. The Bertz CT molecular complexity index is 447. The monoisotopic (exact) mass is 238 g/mol. The van der Waals surface area contributed by atoms with E-state index in [4.69, 9.17) is 11.5 Å². The zero-order valence-corrected chi connectivity index (χ0v) is 9.30. The molecule has 0 fully saturated rings. The maximum atomic E-state index is 11.4. The largest absolute Gasteiger partial charge is 0.478 e. The fourth-order valence-electron chi connectivity index (χ4n) is 0.952. The van der Waals surface area contributed by atoms with E-state index >= 15 is 0 Å². The van der Waals surface area contributed by atoms with Crippen LogP contribution >= 0.6 is 11.3 Å². The number of terminal acetylenes is 1. The van der Waals surface area contributed by atoms with Crippen LogP contribution < -0.4 is 10.6 Å². The topological polar surface area (TPSA) is 78.4 Å². The molecular formula is C10H10N2O3S. The van der Waals surface area contributed by atoms with Crippen molar-refractivity contribution in [3.8, 4) is 12.3 Å². The minimum atomic E-state index is -1.08. The third-order valence-corrected chi connectivity index (χ3v) is 2.55. The fraction of sp³-hybridized carbons (Fsp3) is 0.200. The van der Waals surface area contributed by atoms with Gasteiger partial charge in [0.25, 0.3) is 0 Å². The van der Waals surface area contributed by atoms with Gasteiger partial charge in [0.1, 0.15) is 5.00 Å². The van der Waals surface area contributed by atoms with Gasteiger partial charge in [-0.3, -0.25) is 5.32 Å². The van der Waals surface area contributed by atoms with Crippen molar-refractivity contribution >= 4 is 28.3 Å². The second-order valence-corrected chi connectivity index (χ2v) is 3.87. The van der Waals surface area contributed by atoms with Crippen LogP contribution in [0.15, 0.2) is 11.4 Å². The van der Waals surface area contributed by atoms with Crippen molar-refractivity contribution in [3.63, 3.8) is 0 Å². The molecule has 0 bridgehead atoms. The number of hydrogen-bond donors (Lipinski definition) is 3. The zero-order chi connectivity index (χ0) is 12.1. The van der Waals surface area contributed by atoms with Crippen molar-refractivity contribution in [2.24, 2.45) is 0 Å². The Hall–Kier alpha value is -2.00. The van der Waals surface area contributed by atoms with E-state index in [2.05, 4.69) is 16.6 Å². The molecule has 1 atom stereocenters. The average Bonchev–Trinajstić information content (AvgIpc) is 2.65. The van der Waals surface area contributed by atoms with Gasteiger partial charge >= 0.3 is 12.0 Å². The van der Waals surface area contributed by atoms with Crippen molar-refractivity contribution in [1.82, 2.24) is 5.32 Å². The third kappa shape index (κ3) is 3.00. The first kappa shape index (κ1) is 12.1. The van der Waals surface area contributed by atoms with Gasteiger partial charge in [0.2, 0.25) is 0 Å². The Morgan fingerprint density at radius 2 is 2.31 bits per heavy atom. The Morgan fingerprint density at radius 1 is 1.62 bits per heavy atom. The summed E-state index contributed by atoms with van der Waals surface area (Å²) in [5.41, 5.74) is 0.0634. The Balaban J connectivity index is 2.67. The lowest BCUT2D eigenvalue weighted by Crippen LogP contribution is -2.35. The zero-order valence-electron chi connectivity index (χ0n) is 8.48. The summed E-state index contributed by atoms with van der Waals surface area (Å²) in [4.78, 5) is 22.1. The van der Waals surface area contributed by atoms with E-state index in [-0.39, 0.29) is 10.6 Å². The second kappa shape index (κ2) is 5.19. The average molecular weight is 238 g/mol. The van der Waals surface area contributed by atoms with Gasteiger partial charge in [0.15, 0.2) is 0 Å². The summed E-state index contributed by atoms with van der Waals surface area (Å²) < 4.78 is 0. The molecule has 6 heteroatoms. The molecule has 1 rings (SSSR count). The summed E-state index contributed by atoms with van der Waals surface area (Å²) in [7, 11) is 0. The van der Waals surface area contributed by atoms with Gasteiger partial charge < -0.3 is 10.4 Å². The first-order valence-corrected chi connectivity index (χ1v) is 5.27. The molecule has 0 aliphatic rings. The Kier molecular flexibility index (Phi) is 3.91. The van der Waals surface area contributed by atoms with Crippen LogP contribution in [0.2, 0.25) is 0 Å². The molecular weight excluding hydrogens is 228 g/mol. The maximum Gasteiger partial charge on any atom is 0.338 e. The molecule has 2 amide bonds. The molecule has 5 nitrogen and oxygen atoms in total. The number of urea groups is 1. The van der Waals surface area contributed by atoms with Crippen molar-refractivity contribution in [1.29, 1.82) is 0 Å². The van der Waals surface area contributed by atoms with Crippen LogP contribution in [0.5, 0.6) is 0 Å². The van der Waals surface area contributed by atoms with Gasteiger partial charge in [-0.2, -0.15) is 0 Å². The molecule has 0 spiro atoms. The van der Waals surface area contributed by atoms with Crippen LogP contribution in [-0.4, -0.2) is 23.1 Å². The standard InChI is InChI=1S/C10H10N2O3S/c1-3-6(2)11-10(15)12-8-7(9(13)14)4-5-16-8/h1,4-6H,2H3,(H,13,14)(H2,11,12,15). The second-order valence-electron chi connectivity index (χ2n) is 2.96. The highest BCUT2D eigenvalue weighted by Gasteiger charge is 2.14. The molecule has 1 aromatic heterocycles. The first-order chi connectivity index (χ1) is 7.54. The van der Waals surface area contributed by atoms with Gasteiger partial charge in [-0.05, 0) is 18.4 Å². The molecule has 84 valence electrons. The van der Waals surface area contributed by atoms with Gasteiger partial charge in [-0.15, -0.1) is 17.8 Å². The molecule has 1 aromatic rings. The molecule has 16 heavy (non-hydrogen) atoms. The van der Waals surface area contributed by atoms with E-state index < -0.39 is 18.0 Å². The highest BCUT2D eigenvalue weighted by molar-refractivity contribution is 7.14. The van der Waals surface area contributed by atoms with E-state index in [1.54, 1.807) is 12.3 Å². The summed E-state index contributed by atoms with van der Waals surface area (Å²) in [6, 6.07) is 0.497. The fourth-order valence-corrected chi connectivity index (χ4v) is 1.73. The minimum Gasteiger partial charge on any atom is -0.478 e. The summed E-state index contributed by atoms with van der Waals surface area (Å²) in [5, 5.41) is 15.6. The molecule has 1 unspecified atom stereocenters. The predicted molar refractivity (Wildman–Crippen MR) is 61.7 cm³/mol. The number of carboxylic acids is 1. The highest BCUT2D eigenvalue weighted by Crippen LogP contribution is 2.22. The van der Waals surface area contributed by atoms with Gasteiger partial charge in [0.05, 0.1) is 11.6 Å². The van der Waals surface area contributed by atoms with Gasteiger partial charge in [0, 0.05) is 0 Å². The molecule has 0 saturated heterocycles. The Labute approximate surface area is 96.5 Å². The van der Waals surface area contributed by atoms with Crippen molar-refractivity contribution in [2.45, 2.75) is 13.0 Å². The number of amides is 2. The van der Waals surface area contributed by atoms with Crippen LogP contribution in [0.4, 0.5) is 9.80 Å². The van der Waals surface area contributed by atoms with Crippen molar-refractivity contribution in [3.05, 3.63) is 17.0 Å². The predicted octanol–water partition coefficient (Wildman–Crippen LogP) is 1.59. The van der Waals surface area contributed by atoms with Crippen LogP contribution in [-0.2, 0) is 0 Å². The molecule has 0 saturated carbocycles. The molecule has 3 N–H and O–H groups in total. The molecule has 0 radical (unpaired) electrons. The van der Waals surface area contributed by atoms with Crippen LogP contribution in [0.25, 0.3) is 0 Å². The Morgan fingerprint density at radius 3 is 2.88 bits per heavy atom. The van der Waals surface area contributed by atoms with E-state index in [0.717, 1.165) is 11.3 Å². The van der Waals surface area contributed by atoms with Crippen molar-refractivity contribution in [2.75, 3.05) is 5.32 Å². The number of aromatic carboxylic acids is 1. The first-order valence-electron chi connectivity index (χ1n) is 4.39. The summed E-state index contributed by atoms with van der Waals surface area (Å²) in [6.07, 6.45) is 5.09. The van der Waals surface area contributed by atoms with E-state index in [9.17, 15) is 9.59 Å². The van der Waals surface area contributed by atoms with E-state index in [1.807, 2.05) is 0 Å². The molecule has 1 heterocycles. The smallest absolute Gasteiger partial charge is 0.338 e. The SMILES string of the molecule is C#CC(C)NC(=O)Nc1sccc1C(=O)O. The van der Waals surface area contributed by atoms with E-state index in [0.29, 0.717) is 0 Å². The number of thiophene rings is 1. The number of rotatable bonds is 3. The number of anilines is 1. The van der Waals surface area contributed by atoms with E-state index in [1.165, 1.54) is 6.07 Å². The maximum absolute atomic E-state index is 11.4. The number of carboxylic acid groups (broad SMARTS) is 1. The van der Waals surface area contributed by atoms with Crippen LogP contribution in [0.3, 0.4) is 0 Å². The molecule has 0 aliphatic carbocycles. The summed E-state index contributed by atoms with van der Waals surface area (Å²) in [5.74, 6) is 1.25. The lowest BCUT2D eigenvalue weighted by molar-refractivity contribution is 0.0698. The normalized spacial score (nSPS) is 11.2. The number of hydrogen-bond acceptors (Lipinski definition) is 3. The number of carbonyl (C=O) groups is 2. The summed E-state index contributed by atoms with van der Waals surface area (Å²) >= 11 is 1.14. The highest BCUT2D eigenvalue weighted by atomic mass is 32.1. The van der Waals surface area contributed by atoms with Crippen LogP contribution in [0.1, 0.15) is 17.3 Å². The number of nitrogens with one attached hydrogen (secondary N) is 2. The lowest BCUT2D eigenvalue weighted by atomic mass is 10.3. The quantitative estimate of drug-likeness (QED) is 0.700.